The largest absolute Gasteiger partial charge is 0.340 e. The first-order valence-electron chi connectivity index (χ1n) is 12.9. The molecule has 0 fully saturated rings. The first-order valence-corrected chi connectivity index (χ1v) is 14.5. The molecule has 0 bridgehead atoms. The van der Waals surface area contributed by atoms with Crippen LogP contribution in [-0.4, -0.2) is 32.0 Å². The van der Waals surface area contributed by atoms with Gasteiger partial charge in [-0.05, 0) is 42.2 Å². The van der Waals surface area contributed by atoms with E-state index in [1.807, 2.05) is 58.0 Å². The van der Waals surface area contributed by atoms with Gasteiger partial charge in [-0.1, -0.05) is 93.1 Å². The standard InChI is InChI=1S/C32H34N2O4S/c1-22-16-18-23(19-17-22)20-28(34-30(35)24-10-6-5-7-11-24)31(36)33-27-14-8-13-26-25(27)12-9-15-29(26)39(37,38)21-32(2,3)4/h5-19,28H,20-21H2,1-4H3,(H,33,36)(H,34,35)/t28-/m0/s1. The van der Waals surface area contributed by atoms with Crippen LogP contribution in [0.2, 0.25) is 0 Å². The predicted octanol–water partition coefficient (Wildman–Crippen LogP) is 5.95. The van der Waals surface area contributed by atoms with Gasteiger partial charge in [-0.2, -0.15) is 0 Å². The molecular formula is C32H34N2O4S. The number of nitrogens with one attached hydrogen (secondary N) is 2. The van der Waals surface area contributed by atoms with Crippen molar-refractivity contribution in [2.45, 2.75) is 45.1 Å². The van der Waals surface area contributed by atoms with Crippen LogP contribution in [-0.2, 0) is 21.1 Å². The number of amides is 2. The van der Waals surface area contributed by atoms with Gasteiger partial charge in [0, 0.05) is 28.4 Å². The average Bonchev–Trinajstić information content (AvgIpc) is 2.88. The SMILES string of the molecule is Cc1ccc(C[C@H](NC(=O)c2ccccc2)C(=O)Nc2cccc3c(S(=O)(=O)CC(C)(C)C)cccc23)cc1. The van der Waals surface area contributed by atoms with Gasteiger partial charge in [0.15, 0.2) is 9.84 Å². The summed E-state index contributed by atoms with van der Waals surface area (Å²) in [6.07, 6.45) is 0.292. The van der Waals surface area contributed by atoms with Crippen LogP contribution in [0.3, 0.4) is 0 Å². The van der Waals surface area contributed by atoms with Gasteiger partial charge < -0.3 is 10.6 Å². The molecule has 0 aliphatic rings. The number of rotatable bonds is 8. The van der Waals surface area contributed by atoms with Crippen molar-refractivity contribution in [3.63, 3.8) is 0 Å². The van der Waals surface area contributed by atoms with E-state index in [9.17, 15) is 18.0 Å². The summed E-state index contributed by atoms with van der Waals surface area (Å²) in [5.74, 6) is -0.744. The molecule has 2 amide bonds. The molecule has 0 unspecified atom stereocenters. The highest BCUT2D eigenvalue weighted by molar-refractivity contribution is 7.91. The van der Waals surface area contributed by atoms with Gasteiger partial charge in [-0.25, -0.2) is 8.42 Å². The second kappa shape index (κ2) is 11.4. The number of sulfone groups is 1. The maximum atomic E-state index is 13.6. The third-order valence-corrected chi connectivity index (χ3v) is 8.59. The molecule has 2 N–H and O–H groups in total. The molecule has 0 heterocycles. The molecule has 0 aliphatic heterocycles. The Hall–Kier alpha value is -3.97. The van der Waals surface area contributed by atoms with E-state index in [1.165, 1.54) is 0 Å². The lowest BCUT2D eigenvalue weighted by molar-refractivity contribution is -0.118. The highest BCUT2D eigenvalue weighted by Crippen LogP contribution is 2.31. The molecular weight excluding hydrogens is 508 g/mol. The van der Waals surface area contributed by atoms with Gasteiger partial charge in [0.25, 0.3) is 5.91 Å². The summed E-state index contributed by atoms with van der Waals surface area (Å²) >= 11 is 0. The zero-order valence-electron chi connectivity index (χ0n) is 22.7. The zero-order valence-corrected chi connectivity index (χ0v) is 23.5. The number of hydrogen-bond donors (Lipinski definition) is 2. The molecule has 0 saturated carbocycles. The summed E-state index contributed by atoms with van der Waals surface area (Å²) in [6.45, 7) is 7.65. The van der Waals surface area contributed by atoms with Crippen LogP contribution in [0.15, 0.2) is 95.9 Å². The van der Waals surface area contributed by atoms with Crippen molar-refractivity contribution >= 4 is 38.1 Å². The minimum atomic E-state index is -3.57. The second-order valence-electron chi connectivity index (χ2n) is 11.0. The number of aryl methyl sites for hydroxylation is 1. The third kappa shape index (κ3) is 7.12. The Bertz CT molecular complexity index is 1590. The van der Waals surface area contributed by atoms with Crippen molar-refractivity contribution in [3.05, 3.63) is 108 Å². The van der Waals surface area contributed by atoms with E-state index in [2.05, 4.69) is 10.6 Å². The predicted molar refractivity (Wildman–Crippen MR) is 157 cm³/mol. The molecule has 0 aliphatic carbocycles. The number of hydrogen-bond acceptors (Lipinski definition) is 4. The lowest BCUT2D eigenvalue weighted by Gasteiger charge is -2.21. The van der Waals surface area contributed by atoms with E-state index < -0.39 is 27.2 Å². The fraction of sp³-hybridized carbons (Fsp3) is 0.250. The molecule has 1 atom stereocenters. The van der Waals surface area contributed by atoms with Gasteiger partial charge in [-0.15, -0.1) is 0 Å². The molecule has 7 heteroatoms. The van der Waals surface area contributed by atoms with E-state index in [-0.39, 0.29) is 16.6 Å². The highest BCUT2D eigenvalue weighted by atomic mass is 32.2. The van der Waals surface area contributed by atoms with Crippen molar-refractivity contribution in [2.75, 3.05) is 11.1 Å². The topological polar surface area (TPSA) is 92.3 Å². The third-order valence-electron chi connectivity index (χ3n) is 6.32. The first-order chi connectivity index (χ1) is 18.4. The van der Waals surface area contributed by atoms with Gasteiger partial charge in [0.1, 0.15) is 6.04 Å². The Morgan fingerprint density at radius 1 is 0.795 bits per heavy atom. The zero-order chi connectivity index (χ0) is 28.2. The highest BCUT2D eigenvalue weighted by Gasteiger charge is 2.26. The summed E-state index contributed by atoms with van der Waals surface area (Å²) in [6, 6.07) is 26.0. The molecule has 4 aromatic carbocycles. The quantitative estimate of drug-likeness (QED) is 0.288. The summed E-state index contributed by atoms with van der Waals surface area (Å²) < 4.78 is 26.5. The maximum absolute atomic E-state index is 13.6. The fourth-order valence-corrected chi connectivity index (χ4v) is 6.62. The number of carbonyl (C=O) groups excluding carboxylic acids is 2. The molecule has 4 rings (SSSR count). The van der Waals surface area contributed by atoms with E-state index >= 15 is 0 Å². The number of anilines is 1. The monoisotopic (exact) mass is 542 g/mol. The number of fused-ring (bicyclic) bond motifs is 1. The minimum absolute atomic E-state index is 0.000157. The van der Waals surface area contributed by atoms with Crippen molar-refractivity contribution in [1.82, 2.24) is 5.32 Å². The van der Waals surface area contributed by atoms with Gasteiger partial charge in [0.05, 0.1) is 10.6 Å². The Balaban J connectivity index is 1.66. The summed E-state index contributed by atoms with van der Waals surface area (Å²) in [5.41, 5.74) is 2.53. The smallest absolute Gasteiger partial charge is 0.251 e. The molecule has 39 heavy (non-hydrogen) atoms. The summed E-state index contributed by atoms with van der Waals surface area (Å²) in [5, 5.41) is 6.99. The Labute approximate surface area is 230 Å². The van der Waals surface area contributed by atoms with Crippen molar-refractivity contribution in [1.29, 1.82) is 0 Å². The first kappa shape index (κ1) is 28.0. The van der Waals surface area contributed by atoms with Crippen LogP contribution in [0.4, 0.5) is 5.69 Å². The molecule has 6 nitrogen and oxygen atoms in total. The molecule has 4 aromatic rings. The van der Waals surface area contributed by atoms with Crippen LogP contribution in [0, 0.1) is 12.3 Å². The van der Waals surface area contributed by atoms with E-state index in [4.69, 9.17) is 0 Å². The van der Waals surface area contributed by atoms with Gasteiger partial charge in [0.2, 0.25) is 5.91 Å². The van der Waals surface area contributed by atoms with Crippen LogP contribution < -0.4 is 10.6 Å². The van der Waals surface area contributed by atoms with Crippen molar-refractivity contribution in [3.8, 4) is 0 Å². The average molecular weight is 543 g/mol. The van der Waals surface area contributed by atoms with Crippen molar-refractivity contribution < 1.29 is 18.0 Å². The van der Waals surface area contributed by atoms with Crippen molar-refractivity contribution in [2.24, 2.45) is 5.41 Å². The Kier molecular flexibility index (Phi) is 8.21. The molecule has 0 saturated heterocycles. The second-order valence-corrected chi connectivity index (χ2v) is 13.0. The van der Waals surface area contributed by atoms with E-state index in [0.29, 0.717) is 28.4 Å². The van der Waals surface area contributed by atoms with E-state index in [1.54, 1.807) is 60.7 Å². The molecule has 0 aromatic heterocycles. The Morgan fingerprint density at radius 3 is 2.10 bits per heavy atom. The van der Waals surface area contributed by atoms with Gasteiger partial charge >= 0.3 is 0 Å². The fourth-order valence-electron chi connectivity index (χ4n) is 4.53. The van der Waals surface area contributed by atoms with Crippen LogP contribution >= 0.6 is 0 Å². The lowest BCUT2D eigenvalue weighted by atomic mass is 10.0. The molecule has 0 spiro atoms. The van der Waals surface area contributed by atoms with Crippen LogP contribution in [0.1, 0.15) is 42.3 Å². The molecule has 0 radical (unpaired) electrons. The van der Waals surface area contributed by atoms with Crippen LogP contribution in [0.5, 0.6) is 0 Å². The van der Waals surface area contributed by atoms with E-state index in [0.717, 1.165) is 11.1 Å². The normalized spacial score (nSPS) is 12.6. The Morgan fingerprint density at radius 2 is 1.44 bits per heavy atom. The number of carbonyl (C=O) groups is 2. The van der Waals surface area contributed by atoms with Crippen LogP contribution in [0.25, 0.3) is 10.8 Å². The molecule has 202 valence electrons. The maximum Gasteiger partial charge on any atom is 0.251 e. The van der Waals surface area contributed by atoms with Gasteiger partial charge in [-0.3, -0.25) is 9.59 Å². The lowest BCUT2D eigenvalue weighted by Crippen LogP contribution is -2.45. The number of benzene rings is 4. The minimum Gasteiger partial charge on any atom is -0.340 e. The summed E-state index contributed by atoms with van der Waals surface area (Å²) in [7, 11) is -3.57. The summed E-state index contributed by atoms with van der Waals surface area (Å²) in [4.78, 5) is 26.8.